The van der Waals surface area contributed by atoms with Gasteiger partial charge in [0.25, 0.3) is 5.91 Å². The summed E-state index contributed by atoms with van der Waals surface area (Å²) in [5.41, 5.74) is 0.304. The molecule has 2 saturated heterocycles. The fourth-order valence-electron chi connectivity index (χ4n) is 4.33. The normalized spacial score (nSPS) is 24.9. The molecule has 0 saturated carbocycles. The number of benzene rings is 1. The zero-order chi connectivity index (χ0) is 19.4. The molecule has 2 fully saturated rings. The van der Waals surface area contributed by atoms with Gasteiger partial charge in [-0.1, -0.05) is 11.6 Å². The van der Waals surface area contributed by atoms with Crippen molar-refractivity contribution < 1.29 is 15.0 Å². The van der Waals surface area contributed by atoms with Gasteiger partial charge < -0.3 is 20.0 Å². The van der Waals surface area contributed by atoms with Crippen LogP contribution in [0.25, 0.3) is 0 Å². The number of hydrogen-bond donors (Lipinski definition) is 2. The average molecular weight is 396 g/mol. The number of piperazine rings is 1. The van der Waals surface area contributed by atoms with Gasteiger partial charge in [0.1, 0.15) is 5.75 Å². The Bertz CT molecular complexity index is 649. The second-order valence-corrected chi connectivity index (χ2v) is 8.17. The first kappa shape index (κ1) is 20.4. The van der Waals surface area contributed by atoms with Crippen molar-refractivity contribution in [1.82, 2.24) is 14.7 Å². The molecule has 6 nitrogen and oxygen atoms in total. The molecule has 1 aromatic rings. The van der Waals surface area contributed by atoms with Gasteiger partial charge in [0, 0.05) is 56.9 Å². The number of halogens is 1. The minimum absolute atomic E-state index is 0.0689. The molecule has 7 heteroatoms. The molecular weight excluding hydrogens is 366 g/mol. The standard InChI is InChI=1S/C20H30ClN3O3/c1-22-8-10-23(11-9-22)18-6-7-24(14-15(18)3-2-12-25)20(27)17-5-4-16(21)13-19(17)26/h4-5,13,15,18,25-26H,2-3,6-12,14H2,1H3/t15-,18+/m0/s1. The first-order valence-electron chi connectivity index (χ1n) is 9.81. The first-order chi connectivity index (χ1) is 13.0. The summed E-state index contributed by atoms with van der Waals surface area (Å²) in [6, 6.07) is 5.09. The molecule has 2 atom stereocenters. The van der Waals surface area contributed by atoms with E-state index in [9.17, 15) is 15.0 Å². The molecule has 0 spiro atoms. The van der Waals surface area contributed by atoms with Crippen LogP contribution in [0.3, 0.4) is 0 Å². The molecule has 27 heavy (non-hydrogen) atoms. The first-order valence-corrected chi connectivity index (χ1v) is 10.2. The lowest BCUT2D eigenvalue weighted by Crippen LogP contribution is -2.56. The molecule has 2 aliphatic heterocycles. The van der Waals surface area contributed by atoms with Crippen molar-refractivity contribution in [2.24, 2.45) is 5.92 Å². The summed E-state index contributed by atoms with van der Waals surface area (Å²) in [6.45, 7) is 5.80. The van der Waals surface area contributed by atoms with E-state index >= 15 is 0 Å². The largest absolute Gasteiger partial charge is 0.507 e. The minimum Gasteiger partial charge on any atom is -0.507 e. The van der Waals surface area contributed by atoms with Gasteiger partial charge in [-0.25, -0.2) is 0 Å². The monoisotopic (exact) mass is 395 g/mol. The molecule has 2 N–H and O–H groups in total. The number of rotatable bonds is 5. The summed E-state index contributed by atoms with van der Waals surface area (Å²) >= 11 is 5.89. The molecule has 0 aromatic heterocycles. The number of carbonyl (C=O) groups excluding carboxylic acids is 1. The number of hydrogen-bond acceptors (Lipinski definition) is 5. The third kappa shape index (κ3) is 4.93. The summed E-state index contributed by atoms with van der Waals surface area (Å²) < 4.78 is 0. The van der Waals surface area contributed by atoms with Gasteiger partial charge in [0.05, 0.1) is 5.56 Å². The fraction of sp³-hybridized carbons (Fsp3) is 0.650. The maximum Gasteiger partial charge on any atom is 0.257 e. The van der Waals surface area contributed by atoms with Gasteiger partial charge in [-0.15, -0.1) is 0 Å². The Morgan fingerprint density at radius 3 is 2.63 bits per heavy atom. The number of nitrogens with zero attached hydrogens (tertiary/aromatic N) is 3. The van der Waals surface area contributed by atoms with Gasteiger partial charge in [-0.2, -0.15) is 0 Å². The van der Waals surface area contributed by atoms with Gasteiger partial charge in [-0.3, -0.25) is 9.69 Å². The van der Waals surface area contributed by atoms with Crippen molar-refractivity contribution in [2.45, 2.75) is 25.3 Å². The Kier molecular flexibility index (Phi) is 6.98. The second-order valence-electron chi connectivity index (χ2n) is 7.73. The van der Waals surface area contributed by atoms with Crippen LogP contribution in [-0.2, 0) is 0 Å². The number of carbonyl (C=O) groups is 1. The number of amides is 1. The van der Waals surface area contributed by atoms with E-state index in [1.807, 2.05) is 4.90 Å². The highest BCUT2D eigenvalue weighted by molar-refractivity contribution is 6.30. The summed E-state index contributed by atoms with van der Waals surface area (Å²) in [5.74, 6) is 0.128. The molecule has 1 amide bonds. The topological polar surface area (TPSA) is 67.2 Å². The second kappa shape index (κ2) is 9.24. The maximum absolute atomic E-state index is 12.9. The van der Waals surface area contributed by atoms with Gasteiger partial charge in [0.15, 0.2) is 0 Å². The number of likely N-dealkylation sites (N-methyl/N-ethyl adjacent to an activating group) is 1. The average Bonchev–Trinajstić information content (AvgIpc) is 2.66. The molecule has 0 radical (unpaired) electrons. The Balaban J connectivity index is 1.70. The number of phenols is 1. The molecule has 0 bridgehead atoms. The zero-order valence-corrected chi connectivity index (χ0v) is 16.7. The number of aliphatic hydroxyl groups is 1. The third-order valence-electron chi connectivity index (χ3n) is 5.91. The van der Waals surface area contributed by atoms with Crippen LogP contribution in [-0.4, -0.2) is 89.8 Å². The van der Waals surface area contributed by atoms with Crippen LogP contribution in [0.4, 0.5) is 0 Å². The van der Waals surface area contributed by atoms with Crippen LogP contribution < -0.4 is 0 Å². The van der Waals surface area contributed by atoms with Crippen molar-refractivity contribution in [1.29, 1.82) is 0 Å². The summed E-state index contributed by atoms with van der Waals surface area (Å²) in [6.07, 6.45) is 2.59. The summed E-state index contributed by atoms with van der Waals surface area (Å²) in [7, 11) is 2.15. The van der Waals surface area contributed by atoms with Crippen LogP contribution in [0, 0.1) is 5.92 Å². The molecule has 0 aliphatic carbocycles. The minimum atomic E-state index is -0.144. The van der Waals surface area contributed by atoms with Gasteiger partial charge >= 0.3 is 0 Å². The van der Waals surface area contributed by atoms with Crippen LogP contribution in [0.1, 0.15) is 29.6 Å². The van der Waals surface area contributed by atoms with E-state index in [4.69, 9.17) is 11.6 Å². The lowest BCUT2D eigenvalue weighted by atomic mass is 9.86. The van der Waals surface area contributed by atoms with Crippen molar-refractivity contribution in [3.05, 3.63) is 28.8 Å². The Labute approximate surface area is 166 Å². The highest BCUT2D eigenvalue weighted by Gasteiger charge is 2.36. The maximum atomic E-state index is 12.9. The predicted octanol–water partition coefficient (Wildman–Crippen LogP) is 1.90. The van der Waals surface area contributed by atoms with Crippen molar-refractivity contribution in [3.8, 4) is 5.75 Å². The highest BCUT2D eigenvalue weighted by atomic mass is 35.5. The number of phenolic OH excluding ortho intramolecular Hbond substituents is 1. The number of aliphatic hydroxyl groups excluding tert-OH is 1. The Morgan fingerprint density at radius 2 is 1.96 bits per heavy atom. The Morgan fingerprint density at radius 1 is 1.22 bits per heavy atom. The quantitative estimate of drug-likeness (QED) is 0.797. The van der Waals surface area contributed by atoms with E-state index in [1.54, 1.807) is 12.1 Å². The van der Waals surface area contributed by atoms with Gasteiger partial charge in [0.2, 0.25) is 0 Å². The SMILES string of the molecule is CN1CCN([C@@H]2CCN(C(=O)c3ccc(Cl)cc3O)C[C@@H]2CCCO)CC1. The van der Waals surface area contributed by atoms with E-state index in [0.717, 1.165) is 45.4 Å². The lowest BCUT2D eigenvalue weighted by Gasteiger charge is -2.46. The van der Waals surface area contributed by atoms with E-state index < -0.39 is 0 Å². The van der Waals surface area contributed by atoms with Crippen LogP contribution in [0.2, 0.25) is 5.02 Å². The van der Waals surface area contributed by atoms with Gasteiger partial charge in [-0.05, 0) is 50.4 Å². The zero-order valence-electron chi connectivity index (χ0n) is 16.0. The van der Waals surface area contributed by atoms with E-state index in [2.05, 4.69) is 16.8 Å². The third-order valence-corrected chi connectivity index (χ3v) is 6.15. The van der Waals surface area contributed by atoms with Crippen LogP contribution in [0.5, 0.6) is 5.75 Å². The van der Waals surface area contributed by atoms with Crippen molar-refractivity contribution in [2.75, 3.05) is 52.9 Å². The Hall–Kier alpha value is -1.34. The lowest BCUT2D eigenvalue weighted by molar-refractivity contribution is 0.0217. The van der Waals surface area contributed by atoms with E-state index in [1.165, 1.54) is 6.07 Å². The number of piperidine rings is 1. The van der Waals surface area contributed by atoms with Crippen molar-refractivity contribution in [3.63, 3.8) is 0 Å². The number of likely N-dealkylation sites (tertiary alicyclic amines) is 1. The highest BCUT2D eigenvalue weighted by Crippen LogP contribution is 2.30. The smallest absolute Gasteiger partial charge is 0.257 e. The molecule has 1 aromatic carbocycles. The molecule has 150 valence electrons. The molecular formula is C20H30ClN3O3. The predicted molar refractivity (Wildman–Crippen MR) is 106 cm³/mol. The summed E-state index contributed by atoms with van der Waals surface area (Å²) in [4.78, 5) is 19.7. The van der Waals surface area contributed by atoms with Crippen LogP contribution in [0.15, 0.2) is 18.2 Å². The van der Waals surface area contributed by atoms with Crippen molar-refractivity contribution >= 4 is 17.5 Å². The molecule has 0 unspecified atom stereocenters. The van der Waals surface area contributed by atoms with Crippen LogP contribution >= 0.6 is 11.6 Å². The number of aromatic hydroxyl groups is 1. The van der Waals surface area contributed by atoms with E-state index in [0.29, 0.717) is 35.6 Å². The molecule has 3 rings (SSSR count). The summed E-state index contributed by atoms with van der Waals surface area (Å²) in [5, 5.41) is 19.8. The fourth-order valence-corrected chi connectivity index (χ4v) is 4.50. The van der Waals surface area contributed by atoms with E-state index in [-0.39, 0.29) is 18.3 Å². The molecule has 2 heterocycles. The molecule has 2 aliphatic rings.